The van der Waals surface area contributed by atoms with Crippen LogP contribution in [0.3, 0.4) is 0 Å². The lowest BCUT2D eigenvalue weighted by Crippen LogP contribution is -2.43. The van der Waals surface area contributed by atoms with Crippen LogP contribution in [0.2, 0.25) is 0 Å². The number of rotatable bonds is 5. The quantitative estimate of drug-likeness (QED) is 0.778. The largest absolute Gasteiger partial charge is 0.467 e. The molecular weight excluding hydrogens is 350 g/mol. The number of anilines is 2. The highest BCUT2D eigenvalue weighted by atomic mass is 16.5. The van der Waals surface area contributed by atoms with Crippen LogP contribution in [-0.4, -0.2) is 37.0 Å². The lowest BCUT2D eigenvalue weighted by Gasteiger charge is -2.33. The zero-order chi connectivity index (χ0) is 18.8. The van der Waals surface area contributed by atoms with E-state index in [4.69, 9.17) is 9.15 Å². The Morgan fingerprint density at radius 2 is 2.22 bits per heavy atom. The highest BCUT2D eigenvalue weighted by Gasteiger charge is 2.36. The fourth-order valence-electron chi connectivity index (χ4n) is 3.42. The van der Waals surface area contributed by atoms with E-state index in [2.05, 4.69) is 15.5 Å². The van der Waals surface area contributed by atoms with Crippen LogP contribution >= 0.6 is 0 Å². The maximum atomic E-state index is 12.2. The minimum atomic E-state index is -0.622. The smallest absolute Gasteiger partial charge is 0.338 e. The van der Waals surface area contributed by atoms with E-state index in [1.165, 1.54) is 6.26 Å². The van der Waals surface area contributed by atoms with Gasteiger partial charge in [-0.2, -0.15) is 0 Å². The Morgan fingerprint density at radius 3 is 3.04 bits per heavy atom. The second-order valence-corrected chi connectivity index (χ2v) is 6.50. The topological polar surface area (TPSA) is 101 Å². The molecule has 2 aliphatic heterocycles. The zero-order valence-corrected chi connectivity index (χ0v) is 14.6. The highest BCUT2D eigenvalue weighted by Crippen LogP contribution is 2.37. The lowest BCUT2D eigenvalue weighted by molar-refractivity contribution is -0.124. The Morgan fingerprint density at radius 1 is 1.33 bits per heavy atom. The number of nitrogens with zero attached hydrogens (tertiary/aromatic N) is 1. The SMILES string of the molecule is O=C(COC(=O)c1ccc2c(c1)NC(=O)[C@H]1CCCN21)NCc1ccco1. The van der Waals surface area contributed by atoms with Gasteiger partial charge in [-0.25, -0.2) is 4.79 Å². The van der Waals surface area contributed by atoms with Gasteiger partial charge < -0.3 is 24.7 Å². The number of hydrogen-bond donors (Lipinski definition) is 2. The first-order valence-electron chi connectivity index (χ1n) is 8.79. The van der Waals surface area contributed by atoms with E-state index in [9.17, 15) is 14.4 Å². The summed E-state index contributed by atoms with van der Waals surface area (Å²) in [6.45, 7) is 0.660. The van der Waals surface area contributed by atoms with Crippen LogP contribution in [0.15, 0.2) is 41.0 Å². The van der Waals surface area contributed by atoms with Gasteiger partial charge in [0.25, 0.3) is 5.91 Å². The number of amides is 2. The molecule has 0 radical (unpaired) electrons. The summed E-state index contributed by atoms with van der Waals surface area (Å²) in [7, 11) is 0. The van der Waals surface area contributed by atoms with Crippen LogP contribution in [0.5, 0.6) is 0 Å². The monoisotopic (exact) mass is 369 g/mol. The van der Waals surface area contributed by atoms with E-state index in [0.29, 0.717) is 11.4 Å². The van der Waals surface area contributed by atoms with Crippen molar-refractivity contribution in [3.63, 3.8) is 0 Å². The van der Waals surface area contributed by atoms with Crippen molar-refractivity contribution < 1.29 is 23.5 Å². The maximum Gasteiger partial charge on any atom is 0.338 e. The predicted octanol–water partition coefficient (Wildman–Crippen LogP) is 1.67. The number of carbonyl (C=O) groups is 3. The summed E-state index contributed by atoms with van der Waals surface area (Å²) in [5.41, 5.74) is 1.78. The van der Waals surface area contributed by atoms with Gasteiger partial charge in [-0.1, -0.05) is 0 Å². The summed E-state index contributed by atoms with van der Waals surface area (Å²) in [5, 5.41) is 5.45. The molecule has 0 aliphatic carbocycles. The summed E-state index contributed by atoms with van der Waals surface area (Å²) in [4.78, 5) is 38.2. The van der Waals surface area contributed by atoms with Crippen molar-refractivity contribution in [2.75, 3.05) is 23.4 Å². The summed E-state index contributed by atoms with van der Waals surface area (Å²) < 4.78 is 10.2. The van der Waals surface area contributed by atoms with Gasteiger partial charge in [0.15, 0.2) is 6.61 Å². The van der Waals surface area contributed by atoms with Crippen LogP contribution in [0.4, 0.5) is 11.4 Å². The number of ether oxygens (including phenoxy) is 1. The van der Waals surface area contributed by atoms with Crippen molar-refractivity contribution in [3.05, 3.63) is 47.9 Å². The number of esters is 1. The molecule has 2 aromatic rings. The summed E-state index contributed by atoms with van der Waals surface area (Å²) >= 11 is 0. The van der Waals surface area contributed by atoms with E-state index >= 15 is 0 Å². The van der Waals surface area contributed by atoms with Crippen LogP contribution in [0, 0.1) is 0 Å². The summed E-state index contributed by atoms with van der Waals surface area (Å²) in [5.74, 6) is -0.488. The van der Waals surface area contributed by atoms with E-state index in [-0.39, 0.29) is 24.1 Å². The molecule has 8 nitrogen and oxygen atoms in total. The Bertz CT molecular complexity index is 877. The van der Waals surface area contributed by atoms with Gasteiger partial charge >= 0.3 is 5.97 Å². The van der Waals surface area contributed by atoms with Crippen LogP contribution in [-0.2, 0) is 20.9 Å². The first kappa shape index (κ1) is 17.1. The standard InChI is InChI=1S/C19H19N3O5/c23-17(20-10-13-3-2-8-26-13)11-27-19(25)12-5-6-15-14(9-12)21-18(24)16-4-1-7-22(15)16/h2-3,5-6,8-9,16H,1,4,7,10-11H2,(H,20,23)(H,21,24)/t16-/m1/s1. The third-order valence-corrected chi connectivity index (χ3v) is 4.73. The molecule has 1 aromatic heterocycles. The molecule has 0 saturated carbocycles. The summed E-state index contributed by atoms with van der Waals surface area (Å²) in [6, 6.07) is 8.37. The number of furan rings is 1. The molecule has 0 unspecified atom stereocenters. The van der Waals surface area contributed by atoms with E-state index in [1.54, 1.807) is 30.3 Å². The molecule has 8 heteroatoms. The van der Waals surface area contributed by atoms with Crippen molar-refractivity contribution in [2.24, 2.45) is 0 Å². The van der Waals surface area contributed by atoms with Crippen molar-refractivity contribution in [2.45, 2.75) is 25.4 Å². The zero-order valence-electron chi connectivity index (χ0n) is 14.6. The van der Waals surface area contributed by atoms with Crippen molar-refractivity contribution in [1.82, 2.24) is 5.32 Å². The molecule has 1 atom stereocenters. The first-order chi connectivity index (χ1) is 13.1. The van der Waals surface area contributed by atoms with Crippen LogP contribution in [0.1, 0.15) is 29.0 Å². The van der Waals surface area contributed by atoms with Crippen molar-refractivity contribution in [1.29, 1.82) is 0 Å². The molecule has 3 heterocycles. The Kier molecular flexibility index (Phi) is 4.53. The van der Waals surface area contributed by atoms with E-state index < -0.39 is 18.5 Å². The Balaban J connectivity index is 1.36. The molecule has 27 heavy (non-hydrogen) atoms. The fourth-order valence-corrected chi connectivity index (χ4v) is 3.42. The van der Waals surface area contributed by atoms with Gasteiger partial charge in [-0.15, -0.1) is 0 Å². The van der Waals surface area contributed by atoms with Gasteiger partial charge in [0.2, 0.25) is 5.91 Å². The molecule has 0 spiro atoms. The molecule has 2 amide bonds. The van der Waals surface area contributed by atoms with Gasteiger partial charge in [0, 0.05) is 6.54 Å². The minimum absolute atomic E-state index is 0.0529. The molecule has 1 aromatic carbocycles. The van der Waals surface area contributed by atoms with E-state index in [0.717, 1.165) is 25.1 Å². The molecule has 1 fully saturated rings. The molecule has 140 valence electrons. The third kappa shape index (κ3) is 3.51. The first-order valence-corrected chi connectivity index (χ1v) is 8.79. The number of benzene rings is 1. The summed E-state index contributed by atoms with van der Waals surface area (Å²) in [6.07, 6.45) is 3.32. The molecule has 1 saturated heterocycles. The average Bonchev–Trinajstić information content (AvgIpc) is 3.36. The molecule has 0 bridgehead atoms. The molecule has 2 N–H and O–H groups in total. The van der Waals surface area contributed by atoms with Crippen LogP contribution < -0.4 is 15.5 Å². The molecule has 4 rings (SSSR count). The third-order valence-electron chi connectivity index (χ3n) is 4.73. The Hall–Kier alpha value is -3.29. The normalized spacial score (nSPS) is 17.7. The predicted molar refractivity (Wildman–Crippen MR) is 96.3 cm³/mol. The van der Waals surface area contributed by atoms with Gasteiger partial charge in [-0.05, 0) is 43.2 Å². The van der Waals surface area contributed by atoms with E-state index in [1.807, 2.05) is 0 Å². The van der Waals surface area contributed by atoms with Crippen molar-refractivity contribution >= 4 is 29.2 Å². The number of carbonyl (C=O) groups excluding carboxylic acids is 3. The second-order valence-electron chi connectivity index (χ2n) is 6.50. The lowest BCUT2D eigenvalue weighted by atomic mass is 10.1. The maximum absolute atomic E-state index is 12.2. The van der Waals surface area contributed by atoms with Gasteiger partial charge in [-0.3, -0.25) is 9.59 Å². The van der Waals surface area contributed by atoms with Gasteiger partial charge in [0.1, 0.15) is 11.8 Å². The Labute approximate surface area is 155 Å². The fraction of sp³-hybridized carbons (Fsp3) is 0.316. The number of hydrogen-bond acceptors (Lipinski definition) is 6. The number of fused-ring (bicyclic) bond motifs is 3. The van der Waals surface area contributed by atoms with Gasteiger partial charge in [0.05, 0.1) is 29.7 Å². The van der Waals surface area contributed by atoms with Crippen LogP contribution in [0.25, 0.3) is 0 Å². The molecule has 2 aliphatic rings. The minimum Gasteiger partial charge on any atom is -0.467 e. The average molecular weight is 369 g/mol. The number of nitrogens with one attached hydrogen (secondary N) is 2. The molecular formula is C19H19N3O5. The second kappa shape index (κ2) is 7.14. The highest BCUT2D eigenvalue weighted by molar-refractivity contribution is 6.05. The van der Waals surface area contributed by atoms with Crippen molar-refractivity contribution in [3.8, 4) is 0 Å².